The highest BCUT2D eigenvalue weighted by atomic mass is 16.5. The molecule has 1 saturated heterocycles. The van der Waals surface area contributed by atoms with Crippen molar-refractivity contribution in [2.75, 3.05) is 19.8 Å². The van der Waals surface area contributed by atoms with E-state index in [4.69, 9.17) is 10.5 Å². The molecule has 4 rings (SSSR count). The van der Waals surface area contributed by atoms with E-state index < -0.39 is 11.4 Å². The molecule has 2 amide bonds. The molecule has 1 aromatic carbocycles. The van der Waals surface area contributed by atoms with Crippen LogP contribution in [0.3, 0.4) is 0 Å². The van der Waals surface area contributed by atoms with Gasteiger partial charge in [-0.3, -0.25) is 9.59 Å². The molecule has 0 unspecified atom stereocenters. The lowest BCUT2D eigenvalue weighted by molar-refractivity contribution is -0.514. The van der Waals surface area contributed by atoms with E-state index in [9.17, 15) is 14.7 Å². The molecule has 2 aromatic heterocycles. The van der Waals surface area contributed by atoms with Gasteiger partial charge >= 0.3 is 11.7 Å². The lowest BCUT2D eigenvalue weighted by atomic mass is 9.91. The van der Waals surface area contributed by atoms with Gasteiger partial charge in [0.25, 0.3) is 0 Å². The Balaban J connectivity index is 1.75. The molecule has 29 heavy (non-hydrogen) atoms. The van der Waals surface area contributed by atoms with E-state index in [2.05, 4.69) is 10.3 Å². The summed E-state index contributed by atoms with van der Waals surface area (Å²) in [5.74, 6) is -0.503. The molecular formula is C21H23N4O4+. The third-order valence-electron chi connectivity index (χ3n) is 5.38. The zero-order valence-electron chi connectivity index (χ0n) is 15.9. The van der Waals surface area contributed by atoms with Crippen LogP contribution in [-0.2, 0) is 4.74 Å². The molecule has 1 fully saturated rings. The van der Waals surface area contributed by atoms with Crippen LogP contribution in [0.15, 0.2) is 48.7 Å². The molecule has 3 aromatic rings. The first kappa shape index (κ1) is 19.1. The number of aromatic nitrogens is 2. The highest BCUT2D eigenvalue weighted by Gasteiger charge is 2.37. The van der Waals surface area contributed by atoms with Crippen molar-refractivity contribution in [1.29, 1.82) is 0 Å². The number of amides is 2. The highest BCUT2D eigenvalue weighted by Crippen LogP contribution is 2.24. The minimum atomic E-state index is -0.700. The summed E-state index contributed by atoms with van der Waals surface area (Å²) in [6, 6.07) is 12.5. The summed E-state index contributed by atoms with van der Waals surface area (Å²) in [7, 11) is 0. The number of hydrogen-bond acceptors (Lipinski definition) is 4. The summed E-state index contributed by atoms with van der Waals surface area (Å²) in [6.07, 6.45) is 2.88. The number of benzene rings is 1. The van der Waals surface area contributed by atoms with Gasteiger partial charge in [0.1, 0.15) is 0 Å². The molecule has 3 heterocycles. The number of hydrogen-bond donors (Lipinski definition) is 4. The van der Waals surface area contributed by atoms with E-state index in [0.717, 1.165) is 11.1 Å². The van der Waals surface area contributed by atoms with Gasteiger partial charge < -0.3 is 20.9 Å². The van der Waals surface area contributed by atoms with Crippen LogP contribution in [0, 0.1) is 0 Å². The quantitative estimate of drug-likeness (QED) is 0.477. The average Bonchev–Trinajstić information content (AvgIpc) is 3.14. The normalized spacial score (nSPS) is 15.9. The van der Waals surface area contributed by atoms with Crippen LogP contribution in [0.2, 0.25) is 0 Å². The number of carbonyl (C=O) groups excluding carboxylic acids is 2. The van der Waals surface area contributed by atoms with Crippen molar-refractivity contribution in [2.45, 2.75) is 18.4 Å². The molecule has 8 nitrogen and oxygen atoms in total. The van der Waals surface area contributed by atoms with Crippen LogP contribution >= 0.6 is 0 Å². The van der Waals surface area contributed by atoms with Gasteiger partial charge in [0.15, 0.2) is 11.2 Å². The van der Waals surface area contributed by atoms with Crippen molar-refractivity contribution < 1.29 is 23.8 Å². The van der Waals surface area contributed by atoms with Crippen LogP contribution in [0.1, 0.15) is 33.8 Å². The first-order valence-electron chi connectivity index (χ1n) is 9.47. The maximum absolute atomic E-state index is 13.1. The van der Waals surface area contributed by atoms with E-state index in [1.165, 1.54) is 0 Å². The fourth-order valence-electron chi connectivity index (χ4n) is 3.68. The number of carbonyl (C=O) groups is 2. The smallest absolute Gasteiger partial charge is 0.351 e. The molecule has 1 aliphatic heterocycles. The van der Waals surface area contributed by atoms with Gasteiger partial charge in [0, 0.05) is 24.3 Å². The van der Waals surface area contributed by atoms with Crippen LogP contribution in [0.5, 0.6) is 0 Å². The SMILES string of the molecule is NC(=O)c1cccc(-c2[nH]c(C(=O)NC3(CO)CCOCC3)[n+]3ccccc23)c1. The summed E-state index contributed by atoms with van der Waals surface area (Å²) >= 11 is 0. The highest BCUT2D eigenvalue weighted by molar-refractivity contribution is 5.95. The van der Waals surface area contributed by atoms with Gasteiger partial charge in [-0.05, 0) is 37.1 Å². The molecule has 0 spiro atoms. The Morgan fingerprint density at radius 3 is 2.72 bits per heavy atom. The Labute approximate surface area is 167 Å². The number of aliphatic hydroxyl groups excluding tert-OH is 1. The molecular weight excluding hydrogens is 372 g/mol. The van der Waals surface area contributed by atoms with E-state index in [-0.39, 0.29) is 12.5 Å². The van der Waals surface area contributed by atoms with Crippen molar-refractivity contribution in [3.05, 3.63) is 60.0 Å². The van der Waals surface area contributed by atoms with Gasteiger partial charge in [-0.2, -0.15) is 4.40 Å². The summed E-state index contributed by atoms with van der Waals surface area (Å²) in [4.78, 5) is 27.9. The predicted octanol–water partition coefficient (Wildman–Crippen LogP) is 0.791. The summed E-state index contributed by atoms with van der Waals surface area (Å²) in [5.41, 5.74) is 7.32. The predicted molar refractivity (Wildman–Crippen MR) is 105 cm³/mol. The monoisotopic (exact) mass is 395 g/mol. The molecule has 0 aliphatic carbocycles. The second-order valence-corrected chi connectivity index (χ2v) is 7.25. The van der Waals surface area contributed by atoms with Crippen molar-refractivity contribution in [2.24, 2.45) is 5.73 Å². The summed E-state index contributed by atoms with van der Waals surface area (Å²) < 4.78 is 7.12. The van der Waals surface area contributed by atoms with Crippen molar-refractivity contribution in [1.82, 2.24) is 10.3 Å². The third kappa shape index (κ3) is 3.59. The fraction of sp³-hybridized carbons (Fsp3) is 0.286. The molecule has 8 heteroatoms. The van der Waals surface area contributed by atoms with Crippen LogP contribution in [0.4, 0.5) is 0 Å². The molecule has 1 aliphatic rings. The van der Waals surface area contributed by atoms with Crippen molar-refractivity contribution in [3.63, 3.8) is 0 Å². The first-order chi connectivity index (χ1) is 14.0. The zero-order chi connectivity index (χ0) is 20.4. The Morgan fingerprint density at radius 2 is 2.00 bits per heavy atom. The van der Waals surface area contributed by atoms with Crippen molar-refractivity contribution in [3.8, 4) is 11.3 Å². The molecule has 150 valence electrons. The van der Waals surface area contributed by atoms with Gasteiger partial charge in [-0.15, -0.1) is 0 Å². The lowest BCUT2D eigenvalue weighted by Crippen LogP contribution is -2.55. The van der Waals surface area contributed by atoms with E-state index in [1.807, 2.05) is 24.3 Å². The van der Waals surface area contributed by atoms with E-state index in [1.54, 1.807) is 28.8 Å². The zero-order valence-corrected chi connectivity index (χ0v) is 15.9. The Kier molecular flexibility index (Phi) is 5.04. The Hall–Kier alpha value is -3.23. The maximum atomic E-state index is 13.1. The average molecular weight is 395 g/mol. The number of nitrogens with zero attached hydrogens (tertiary/aromatic N) is 1. The van der Waals surface area contributed by atoms with E-state index >= 15 is 0 Å². The number of pyridine rings is 1. The Morgan fingerprint density at radius 1 is 1.21 bits per heavy atom. The molecule has 0 bridgehead atoms. The van der Waals surface area contributed by atoms with Gasteiger partial charge in [-0.25, -0.2) is 4.98 Å². The van der Waals surface area contributed by atoms with Crippen LogP contribution in [-0.4, -0.2) is 47.3 Å². The summed E-state index contributed by atoms with van der Waals surface area (Å²) in [5, 5.41) is 12.9. The largest absolute Gasteiger partial charge is 0.394 e. The molecule has 0 saturated carbocycles. The second kappa shape index (κ2) is 7.65. The minimum Gasteiger partial charge on any atom is -0.394 e. The molecule has 5 N–H and O–H groups in total. The number of aliphatic hydroxyl groups is 1. The number of ether oxygens (including phenoxy) is 1. The third-order valence-corrected chi connectivity index (χ3v) is 5.38. The minimum absolute atomic E-state index is 0.154. The van der Waals surface area contributed by atoms with Gasteiger partial charge in [-0.1, -0.05) is 18.2 Å². The number of aromatic amines is 1. The topological polar surface area (TPSA) is 122 Å². The fourth-order valence-corrected chi connectivity index (χ4v) is 3.68. The number of nitrogens with one attached hydrogen (secondary N) is 2. The van der Waals surface area contributed by atoms with Crippen LogP contribution in [0.25, 0.3) is 16.8 Å². The van der Waals surface area contributed by atoms with Crippen LogP contribution < -0.4 is 15.5 Å². The second-order valence-electron chi connectivity index (χ2n) is 7.25. The number of imidazole rings is 1. The number of rotatable bonds is 5. The first-order valence-corrected chi connectivity index (χ1v) is 9.47. The number of fused-ring (bicyclic) bond motifs is 1. The maximum Gasteiger partial charge on any atom is 0.351 e. The standard InChI is InChI=1S/C21H22N4O4/c22-18(27)15-5-3-4-14(12-15)17-16-6-1-2-9-25(16)19(23-17)20(28)24-21(13-26)7-10-29-11-8-21/h1-6,9,12,26H,7-8,10-11,13H2,(H3,22,24,27,28)/p+1. The lowest BCUT2D eigenvalue weighted by Gasteiger charge is -2.35. The Bertz CT molecular complexity index is 1070. The van der Waals surface area contributed by atoms with Crippen molar-refractivity contribution >= 4 is 17.3 Å². The number of H-pyrrole nitrogens is 1. The number of nitrogens with two attached hydrogens (primary N) is 1. The molecule has 0 radical (unpaired) electrons. The number of primary amides is 1. The van der Waals surface area contributed by atoms with E-state index in [0.29, 0.717) is 43.1 Å². The molecule has 0 atom stereocenters. The summed E-state index contributed by atoms with van der Waals surface area (Å²) in [6.45, 7) is 0.828. The van der Waals surface area contributed by atoms with Gasteiger partial charge in [0.2, 0.25) is 5.91 Å². The van der Waals surface area contributed by atoms with Gasteiger partial charge in [0.05, 0.1) is 18.3 Å².